The van der Waals surface area contributed by atoms with Crippen LogP contribution in [0.25, 0.3) is 0 Å². The Kier molecular flexibility index (Phi) is 3.73. The minimum absolute atomic E-state index is 0.289. The minimum atomic E-state index is 0.289. The molecule has 0 saturated heterocycles. The van der Waals surface area contributed by atoms with Gasteiger partial charge in [0.2, 0.25) is 0 Å². The van der Waals surface area contributed by atoms with E-state index in [4.69, 9.17) is 10.00 Å². The van der Waals surface area contributed by atoms with Crippen LogP contribution in [0.1, 0.15) is 11.3 Å². The van der Waals surface area contributed by atoms with Gasteiger partial charge in [0.15, 0.2) is 11.4 Å². The topological polar surface area (TPSA) is 45.9 Å². The molecule has 0 aliphatic rings. The molecule has 1 aromatic carbocycles. The number of rotatable bonds is 3. The number of benzene rings is 1. The second-order valence-corrected chi connectivity index (χ2v) is 3.90. The summed E-state index contributed by atoms with van der Waals surface area (Å²) >= 11 is 3.38. The van der Waals surface area contributed by atoms with Crippen LogP contribution in [0.4, 0.5) is 0 Å². The van der Waals surface area contributed by atoms with Gasteiger partial charge in [-0.05, 0) is 29.8 Å². The van der Waals surface area contributed by atoms with Gasteiger partial charge >= 0.3 is 0 Å². The van der Waals surface area contributed by atoms with Crippen LogP contribution >= 0.6 is 15.9 Å². The molecule has 0 radical (unpaired) electrons. The lowest BCUT2D eigenvalue weighted by atomic mass is 10.2. The third-order valence-corrected chi connectivity index (χ3v) is 2.83. The average molecular weight is 289 g/mol. The average Bonchev–Trinajstić information content (AvgIpc) is 2.40. The van der Waals surface area contributed by atoms with Crippen LogP contribution in [0.15, 0.2) is 42.6 Å². The fourth-order valence-electron chi connectivity index (χ4n) is 1.33. The van der Waals surface area contributed by atoms with Gasteiger partial charge in [-0.25, -0.2) is 4.98 Å². The van der Waals surface area contributed by atoms with Crippen molar-refractivity contribution < 1.29 is 4.74 Å². The van der Waals surface area contributed by atoms with Gasteiger partial charge in [-0.15, -0.1) is 0 Å². The molecule has 1 aromatic heterocycles. The standard InChI is InChI=1S/C13H9BrN2O/c14-8-10-3-5-11(6-4-10)17-13-2-1-7-16-12(13)9-15/h1-7H,8H2. The fraction of sp³-hybridized carbons (Fsp3) is 0.0769. The molecule has 84 valence electrons. The van der Waals surface area contributed by atoms with E-state index in [1.807, 2.05) is 30.3 Å². The molecule has 0 N–H and O–H groups in total. The van der Waals surface area contributed by atoms with Gasteiger partial charge in [-0.1, -0.05) is 28.1 Å². The second kappa shape index (κ2) is 5.46. The Hall–Kier alpha value is -1.86. The Morgan fingerprint density at radius 2 is 2.00 bits per heavy atom. The molecule has 2 rings (SSSR count). The Morgan fingerprint density at radius 1 is 1.24 bits per heavy atom. The summed E-state index contributed by atoms with van der Waals surface area (Å²) in [4.78, 5) is 3.93. The van der Waals surface area contributed by atoms with Crippen molar-refractivity contribution in [3.63, 3.8) is 0 Å². The zero-order chi connectivity index (χ0) is 12.1. The lowest BCUT2D eigenvalue weighted by Crippen LogP contribution is -1.90. The Balaban J connectivity index is 2.23. The molecule has 0 spiro atoms. The molecule has 4 heteroatoms. The molecule has 17 heavy (non-hydrogen) atoms. The summed E-state index contributed by atoms with van der Waals surface area (Å²) in [6, 6.07) is 13.1. The van der Waals surface area contributed by atoms with Gasteiger partial charge in [0.25, 0.3) is 0 Å². The monoisotopic (exact) mass is 288 g/mol. The van der Waals surface area contributed by atoms with Crippen molar-refractivity contribution in [2.24, 2.45) is 0 Å². The summed E-state index contributed by atoms with van der Waals surface area (Å²) in [6.45, 7) is 0. The first-order valence-corrected chi connectivity index (χ1v) is 6.13. The molecular weight excluding hydrogens is 280 g/mol. The molecule has 0 aliphatic carbocycles. The van der Waals surface area contributed by atoms with E-state index in [-0.39, 0.29) is 5.69 Å². The van der Waals surface area contributed by atoms with Gasteiger partial charge in [0.1, 0.15) is 11.8 Å². The number of nitrogens with zero attached hydrogens (tertiary/aromatic N) is 2. The SMILES string of the molecule is N#Cc1ncccc1Oc1ccc(CBr)cc1. The molecule has 0 saturated carbocycles. The lowest BCUT2D eigenvalue weighted by Gasteiger charge is -2.06. The lowest BCUT2D eigenvalue weighted by molar-refractivity contribution is 0.478. The summed E-state index contributed by atoms with van der Waals surface area (Å²) in [5, 5.41) is 9.69. The molecule has 0 atom stereocenters. The maximum absolute atomic E-state index is 8.88. The Morgan fingerprint density at radius 3 is 2.65 bits per heavy atom. The summed E-state index contributed by atoms with van der Waals surface area (Å²) in [5.74, 6) is 1.17. The molecular formula is C13H9BrN2O. The van der Waals surface area contributed by atoms with E-state index in [2.05, 4.69) is 20.9 Å². The highest BCUT2D eigenvalue weighted by molar-refractivity contribution is 9.08. The predicted molar refractivity (Wildman–Crippen MR) is 68.1 cm³/mol. The molecule has 0 aliphatic heterocycles. The summed E-state index contributed by atoms with van der Waals surface area (Å²) in [7, 11) is 0. The minimum Gasteiger partial charge on any atom is -0.454 e. The second-order valence-electron chi connectivity index (χ2n) is 3.34. The summed E-state index contributed by atoms with van der Waals surface area (Å²) in [5.41, 5.74) is 1.46. The van der Waals surface area contributed by atoms with E-state index in [1.165, 1.54) is 5.56 Å². The number of hydrogen-bond donors (Lipinski definition) is 0. The fourth-order valence-corrected chi connectivity index (χ4v) is 1.70. The molecule has 0 fully saturated rings. The first-order valence-electron chi connectivity index (χ1n) is 5.01. The van der Waals surface area contributed by atoms with Crippen LogP contribution in [0.5, 0.6) is 11.5 Å². The smallest absolute Gasteiger partial charge is 0.183 e. The van der Waals surface area contributed by atoms with Crippen molar-refractivity contribution >= 4 is 15.9 Å². The predicted octanol–water partition coefficient (Wildman–Crippen LogP) is 3.64. The number of hydrogen-bond acceptors (Lipinski definition) is 3. The first kappa shape index (κ1) is 11.6. The Labute approximate surface area is 108 Å². The van der Waals surface area contributed by atoms with E-state index in [9.17, 15) is 0 Å². The van der Waals surface area contributed by atoms with E-state index in [0.717, 1.165) is 5.33 Å². The number of aromatic nitrogens is 1. The zero-order valence-corrected chi connectivity index (χ0v) is 10.5. The van der Waals surface area contributed by atoms with E-state index < -0.39 is 0 Å². The van der Waals surface area contributed by atoms with Crippen molar-refractivity contribution in [1.29, 1.82) is 5.26 Å². The molecule has 0 unspecified atom stereocenters. The number of pyridine rings is 1. The number of halogens is 1. The van der Waals surface area contributed by atoms with E-state index in [1.54, 1.807) is 18.3 Å². The van der Waals surface area contributed by atoms with Crippen LogP contribution in [0.2, 0.25) is 0 Å². The quantitative estimate of drug-likeness (QED) is 0.810. The summed E-state index contributed by atoms with van der Waals surface area (Å²) in [6.07, 6.45) is 1.57. The van der Waals surface area contributed by atoms with Crippen molar-refractivity contribution in [3.05, 3.63) is 53.9 Å². The van der Waals surface area contributed by atoms with Crippen LogP contribution in [-0.4, -0.2) is 4.98 Å². The highest BCUT2D eigenvalue weighted by atomic mass is 79.9. The van der Waals surface area contributed by atoms with Crippen molar-refractivity contribution in [2.45, 2.75) is 5.33 Å². The third-order valence-electron chi connectivity index (χ3n) is 2.18. The maximum Gasteiger partial charge on any atom is 0.183 e. The molecule has 0 amide bonds. The van der Waals surface area contributed by atoms with Gasteiger partial charge in [-0.2, -0.15) is 5.26 Å². The Bertz CT molecular complexity index is 546. The zero-order valence-electron chi connectivity index (χ0n) is 8.93. The normalized spacial score (nSPS) is 9.65. The van der Waals surface area contributed by atoms with Gasteiger partial charge < -0.3 is 4.74 Å². The number of nitriles is 1. The molecule has 1 heterocycles. The third kappa shape index (κ3) is 2.83. The molecule has 3 nitrogen and oxygen atoms in total. The van der Waals surface area contributed by atoms with Crippen LogP contribution in [-0.2, 0) is 5.33 Å². The largest absolute Gasteiger partial charge is 0.454 e. The van der Waals surface area contributed by atoms with Crippen LogP contribution < -0.4 is 4.74 Å². The van der Waals surface area contributed by atoms with E-state index >= 15 is 0 Å². The van der Waals surface area contributed by atoms with E-state index in [0.29, 0.717) is 11.5 Å². The maximum atomic E-state index is 8.88. The van der Waals surface area contributed by atoms with Gasteiger partial charge in [0, 0.05) is 11.5 Å². The van der Waals surface area contributed by atoms with Crippen molar-refractivity contribution in [1.82, 2.24) is 4.98 Å². The molecule has 2 aromatic rings. The van der Waals surface area contributed by atoms with Crippen LogP contribution in [0, 0.1) is 11.3 Å². The highest BCUT2D eigenvalue weighted by Gasteiger charge is 2.04. The first-order chi connectivity index (χ1) is 8.33. The highest BCUT2D eigenvalue weighted by Crippen LogP contribution is 2.23. The van der Waals surface area contributed by atoms with Crippen LogP contribution in [0.3, 0.4) is 0 Å². The summed E-state index contributed by atoms with van der Waals surface area (Å²) < 4.78 is 5.60. The van der Waals surface area contributed by atoms with Crippen molar-refractivity contribution in [3.8, 4) is 17.6 Å². The number of alkyl halides is 1. The van der Waals surface area contributed by atoms with Gasteiger partial charge in [0.05, 0.1) is 0 Å². The van der Waals surface area contributed by atoms with Gasteiger partial charge in [-0.3, -0.25) is 0 Å². The number of ether oxygens (including phenoxy) is 1. The molecule has 0 bridgehead atoms. The van der Waals surface area contributed by atoms with Crippen molar-refractivity contribution in [2.75, 3.05) is 0 Å².